The SMILES string of the molecule is CC.CN(C)CCOc1cccnc1C1CCN(C(=O)OC(C)(C)C)CC1. The zero-order valence-electron chi connectivity index (χ0n) is 18.1. The van der Waals surface area contributed by atoms with Crippen molar-refractivity contribution >= 4 is 6.09 Å². The maximum absolute atomic E-state index is 12.2. The average Bonchev–Trinajstić information content (AvgIpc) is 2.62. The van der Waals surface area contributed by atoms with E-state index >= 15 is 0 Å². The Labute approximate surface area is 164 Å². The number of carbonyl (C=O) groups excluding carboxylic acids is 1. The van der Waals surface area contributed by atoms with Crippen LogP contribution in [0.3, 0.4) is 0 Å². The number of carbonyl (C=O) groups is 1. The number of hydrogen-bond acceptors (Lipinski definition) is 5. The number of pyridine rings is 1. The summed E-state index contributed by atoms with van der Waals surface area (Å²) in [5.74, 6) is 1.18. The number of amides is 1. The summed E-state index contributed by atoms with van der Waals surface area (Å²) in [6.45, 7) is 12.6. The molecule has 0 saturated carbocycles. The van der Waals surface area contributed by atoms with E-state index in [1.54, 1.807) is 4.90 Å². The first-order valence-electron chi connectivity index (χ1n) is 9.96. The van der Waals surface area contributed by atoms with Crippen molar-refractivity contribution in [3.8, 4) is 5.75 Å². The second-order valence-corrected chi connectivity index (χ2v) is 7.78. The normalized spacial score (nSPS) is 15.2. The minimum Gasteiger partial charge on any atom is -0.490 e. The van der Waals surface area contributed by atoms with Crippen molar-refractivity contribution < 1.29 is 14.3 Å². The number of hydrogen-bond donors (Lipinski definition) is 0. The first kappa shape index (κ1) is 23.2. The lowest BCUT2D eigenvalue weighted by Crippen LogP contribution is -2.41. The number of ether oxygens (including phenoxy) is 2. The molecule has 1 aromatic heterocycles. The van der Waals surface area contributed by atoms with Gasteiger partial charge in [-0.2, -0.15) is 0 Å². The van der Waals surface area contributed by atoms with E-state index in [1.807, 2.05) is 67.0 Å². The van der Waals surface area contributed by atoms with E-state index in [-0.39, 0.29) is 6.09 Å². The van der Waals surface area contributed by atoms with Gasteiger partial charge in [0.2, 0.25) is 0 Å². The van der Waals surface area contributed by atoms with E-state index in [4.69, 9.17) is 9.47 Å². The molecule has 2 rings (SSSR count). The molecular weight excluding hydrogens is 342 g/mol. The van der Waals surface area contributed by atoms with Crippen LogP contribution in [0.2, 0.25) is 0 Å². The highest BCUT2D eigenvalue weighted by Gasteiger charge is 2.29. The number of rotatable bonds is 5. The first-order chi connectivity index (χ1) is 12.8. The van der Waals surface area contributed by atoms with Crippen molar-refractivity contribution in [2.45, 2.75) is 59.0 Å². The van der Waals surface area contributed by atoms with Crippen molar-refractivity contribution in [1.82, 2.24) is 14.8 Å². The lowest BCUT2D eigenvalue weighted by molar-refractivity contribution is 0.0203. The van der Waals surface area contributed by atoms with Gasteiger partial charge in [0.25, 0.3) is 0 Å². The van der Waals surface area contributed by atoms with Gasteiger partial charge in [0.15, 0.2) is 0 Å². The van der Waals surface area contributed by atoms with E-state index in [0.717, 1.165) is 30.8 Å². The van der Waals surface area contributed by atoms with Gasteiger partial charge < -0.3 is 19.3 Å². The molecule has 154 valence electrons. The Bertz CT molecular complexity index is 562. The standard InChI is InChI=1S/C19H31N3O3.C2H6/c1-19(2,3)25-18(23)22-11-8-15(9-12-22)17-16(7-6-10-20-17)24-14-13-21(4)5;1-2/h6-7,10,15H,8-9,11-14H2,1-5H3;1-2H3. The van der Waals surface area contributed by atoms with E-state index < -0.39 is 5.60 Å². The Morgan fingerprint density at radius 2 is 1.89 bits per heavy atom. The molecule has 0 spiro atoms. The summed E-state index contributed by atoms with van der Waals surface area (Å²) in [6, 6.07) is 3.89. The lowest BCUT2D eigenvalue weighted by atomic mass is 9.92. The zero-order valence-corrected chi connectivity index (χ0v) is 18.1. The van der Waals surface area contributed by atoms with Gasteiger partial charge in [0.05, 0.1) is 5.69 Å². The van der Waals surface area contributed by atoms with Crippen molar-refractivity contribution in [3.63, 3.8) is 0 Å². The van der Waals surface area contributed by atoms with Crippen LogP contribution in [0.25, 0.3) is 0 Å². The van der Waals surface area contributed by atoms with Gasteiger partial charge in [-0.15, -0.1) is 0 Å². The molecule has 1 fully saturated rings. The van der Waals surface area contributed by atoms with Gasteiger partial charge >= 0.3 is 6.09 Å². The predicted octanol–water partition coefficient (Wildman–Crippen LogP) is 4.16. The molecule has 0 atom stereocenters. The van der Waals surface area contributed by atoms with Gasteiger partial charge in [-0.3, -0.25) is 4.98 Å². The predicted molar refractivity (Wildman–Crippen MR) is 109 cm³/mol. The van der Waals surface area contributed by atoms with Crippen molar-refractivity contribution in [2.24, 2.45) is 0 Å². The molecule has 1 aliphatic heterocycles. The summed E-state index contributed by atoms with van der Waals surface area (Å²) in [6.07, 6.45) is 3.34. The van der Waals surface area contributed by atoms with Crippen LogP contribution in [0.1, 0.15) is 59.1 Å². The maximum atomic E-state index is 12.2. The van der Waals surface area contributed by atoms with Gasteiger partial charge in [-0.1, -0.05) is 13.8 Å². The van der Waals surface area contributed by atoms with Gasteiger partial charge in [-0.25, -0.2) is 4.79 Å². The Morgan fingerprint density at radius 3 is 2.44 bits per heavy atom. The summed E-state index contributed by atoms with van der Waals surface area (Å²) in [7, 11) is 4.06. The molecule has 0 unspecified atom stereocenters. The maximum Gasteiger partial charge on any atom is 0.410 e. The summed E-state index contributed by atoms with van der Waals surface area (Å²) in [5, 5.41) is 0. The molecule has 1 saturated heterocycles. The first-order valence-corrected chi connectivity index (χ1v) is 9.96. The molecule has 1 aliphatic rings. The van der Waals surface area contributed by atoms with E-state index in [1.165, 1.54) is 0 Å². The van der Waals surface area contributed by atoms with Crippen LogP contribution >= 0.6 is 0 Å². The Balaban J connectivity index is 0.00000176. The molecule has 1 aromatic rings. The smallest absolute Gasteiger partial charge is 0.410 e. The number of piperidine rings is 1. The van der Waals surface area contributed by atoms with Crippen LogP contribution in [0.15, 0.2) is 18.3 Å². The average molecular weight is 380 g/mol. The third-order valence-corrected chi connectivity index (χ3v) is 4.13. The molecule has 6 nitrogen and oxygen atoms in total. The van der Waals surface area contributed by atoms with E-state index in [2.05, 4.69) is 9.88 Å². The highest BCUT2D eigenvalue weighted by Crippen LogP contribution is 2.33. The fraction of sp³-hybridized carbons (Fsp3) is 0.714. The Morgan fingerprint density at radius 1 is 1.26 bits per heavy atom. The molecule has 2 heterocycles. The minimum absolute atomic E-state index is 0.227. The second-order valence-electron chi connectivity index (χ2n) is 7.78. The molecule has 0 radical (unpaired) electrons. The fourth-order valence-corrected chi connectivity index (χ4v) is 2.83. The summed E-state index contributed by atoms with van der Waals surface area (Å²) >= 11 is 0. The van der Waals surface area contributed by atoms with Crippen LogP contribution in [-0.2, 0) is 4.74 Å². The van der Waals surface area contributed by atoms with Crippen LogP contribution in [0.5, 0.6) is 5.75 Å². The zero-order chi connectivity index (χ0) is 20.4. The second kappa shape index (κ2) is 11.1. The largest absolute Gasteiger partial charge is 0.490 e. The van der Waals surface area contributed by atoms with Gasteiger partial charge in [0.1, 0.15) is 18.0 Å². The number of likely N-dealkylation sites (N-methyl/N-ethyl adjacent to an activating group) is 1. The number of aromatic nitrogens is 1. The highest BCUT2D eigenvalue weighted by atomic mass is 16.6. The van der Waals surface area contributed by atoms with Crippen LogP contribution in [0.4, 0.5) is 4.79 Å². The van der Waals surface area contributed by atoms with Crippen molar-refractivity contribution in [1.29, 1.82) is 0 Å². The monoisotopic (exact) mass is 379 g/mol. The van der Waals surface area contributed by atoms with Crippen LogP contribution in [-0.4, -0.2) is 66.8 Å². The van der Waals surface area contributed by atoms with Gasteiger partial charge in [0, 0.05) is 31.7 Å². The minimum atomic E-state index is -0.456. The molecule has 0 N–H and O–H groups in total. The lowest BCUT2D eigenvalue weighted by Gasteiger charge is -2.33. The molecule has 27 heavy (non-hydrogen) atoms. The molecule has 0 aromatic carbocycles. The topological polar surface area (TPSA) is 54.9 Å². The Hall–Kier alpha value is -1.82. The summed E-state index contributed by atoms with van der Waals surface area (Å²) < 4.78 is 11.4. The molecule has 0 bridgehead atoms. The molecule has 6 heteroatoms. The Kier molecular flexibility index (Phi) is 9.56. The van der Waals surface area contributed by atoms with Crippen LogP contribution in [0, 0.1) is 0 Å². The van der Waals surface area contributed by atoms with E-state index in [0.29, 0.717) is 25.6 Å². The van der Waals surface area contributed by atoms with Gasteiger partial charge in [-0.05, 0) is 59.8 Å². The molecule has 0 aliphatic carbocycles. The molecular formula is C21H37N3O3. The molecule has 1 amide bonds. The highest BCUT2D eigenvalue weighted by molar-refractivity contribution is 5.68. The van der Waals surface area contributed by atoms with E-state index in [9.17, 15) is 4.79 Å². The van der Waals surface area contributed by atoms with Crippen molar-refractivity contribution in [3.05, 3.63) is 24.0 Å². The fourth-order valence-electron chi connectivity index (χ4n) is 2.83. The third-order valence-electron chi connectivity index (χ3n) is 4.13. The number of likely N-dealkylation sites (tertiary alicyclic amines) is 1. The third kappa shape index (κ3) is 8.16. The summed E-state index contributed by atoms with van der Waals surface area (Å²) in [5.41, 5.74) is 0.549. The van der Waals surface area contributed by atoms with Crippen molar-refractivity contribution in [2.75, 3.05) is 40.3 Å². The van der Waals surface area contributed by atoms with Crippen LogP contribution < -0.4 is 4.74 Å². The number of nitrogens with zero attached hydrogens (tertiary/aromatic N) is 3. The summed E-state index contributed by atoms with van der Waals surface area (Å²) in [4.78, 5) is 20.6. The quantitative estimate of drug-likeness (QED) is 0.769.